The van der Waals surface area contributed by atoms with Gasteiger partial charge in [0.05, 0.1) is 11.7 Å². The number of benzene rings is 1. The molecule has 0 unspecified atom stereocenters. The maximum atomic E-state index is 11.9. The zero-order valence-electron chi connectivity index (χ0n) is 16.8. The summed E-state index contributed by atoms with van der Waals surface area (Å²) in [5, 5.41) is 6.92. The lowest BCUT2D eigenvalue weighted by molar-refractivity contribution is -0.119. The fourth-order valence-corrected chi connectivity index (χ4v) is 4.08. The van der Waals surface area contributed by atoms with Crippen molar-refractivity contribution < 1.29 is 9.53 Å². The molecule has 3 aromatic rings. The van der Waals surface area contributed by atoms with Crippen LogP contribution in [0.4, 0.5) is 11.4 Å². The molecule has 1 amide bonds. The van der Waals surface area contributed by atoms with Crippen molar-refractivity contribution in [2.24, 2.45) is 0 Å². The van der Waals surface area contributed by atoms with Crippen LogP contribution in [-0.4, -0.2) is 34.7 Å². The van der Waals surface area contributed by atoms with Crippen LogP contribution in [0.15, 0.2) is 60.9 Å². The lowest BCUT2D eigenvalue weighted by Gasteiger charge is -2.27. The number of rotatable bonds is 6. The van der Waals surface area contributed by atoms with Crippen molar-refractivity contribution in [2.75, 3.05) is 23.9 Å². The molecule has 2 atom stereocenters. The van der Waals surface area contributed by atoms with E-state index in [0.717, 1.165) is 28.3 Å². The van der Waals surface area contributed by atoms with Gasteiger partial charge in [0.15, 0.2) is 5.11 Å². The molecule has 2 aromatic heterocycles. The van der Waals surface area contributed by atoms with Gasteiger partial charge in [-0.05, 0) is 67.2 Å². The number of amides is 1. The summed E-state index contributed by atoms with van der Waals surface area (Å²) in [6.45, 7) is 1.97. The van der Waals surface area contributed by atoms with Crippen LogP contribution in [0.5, 0.6) is 0 Å². The monoisotopic (exact) mass is 421 g/mol. The maximum Gasteiger partial charge on any atom is 0.250 e. The first-order valence-corrected chi connectivity index (χ1v) is 10.0. The smallest absolute Gasteiger partial charge is 0.250 e. The fourth-order valence-electron chi connectivity index (χ4n) is 3.73. The van der Waals surface area contributed by atoms with Gasteiger partial charge in [-0.15, -0.1) is 0 Å². The molecule has 4 rings (SSSR count). The Kier molecular flexibility index (Phi) is 5.78. The molecular weight excluding hydrogens is 398 g/mol. The topological polar surface area (TPSA) is 82.3 Å². The van der Waals surface area contributed by atoms with E-state index < -0.39 is 0 Å². The second kappa shape index (κ2) is 8.64. The van der Waals surface area contributed by atoms with Crippen molar-refractivity contribution in [3.05, 3.63) is 77.9 Å². The number of hydrogen-bond acceptors (Lipinski definition) is 4. The van der Waals surface area contributed by atoms with Crippen LogP contribution in [0.1, 0.15) is 29.0 Å². The highest BCUT2D eigenvalue weighted by atomic mass is 32.1. The van der Waals surface area contributed by atoms with Crippen LogP contribution in [0, 0.1) is 6.92 Å². The molecule has 1 aliphatic rings. The van der Waals surface area contributed by atoms with Gasteiger partial charge in [-0.3, -0.25) is 9.78 Å². The number of pyridine rings is 1. The average molecular weight is 422 g/mol. The first kappa shape index (κ1) is 20.1. The van der Waals surface area contributed by atoms with Crippen LogP contribution < -0.4 is 15.5 Å². The number of carbonyl (C=O) groups excluding carboxylic acids is 1. The largest absolute Gasteiger partial charge is 0.375 e. The minimum absolute atomic E-state index is 0.0158. The Morgan fingerprint density at radius 3 is 2.80 bits per heavy atom. The number of methoxy groups -OCH3 is 1. The standard InChI is InChI=1S/C22H23N5O2S/c1-14-12-15(8-9-16(14)25-19(28)13-29-2)27-21(18-7-5-11-24-18)20(26-22(27)30)17-6-3-4-10-23-17/h3-12,20-21,24H,13H2,1-2H3,(H,25,28)(H,26,30)/t20-,21+/m0/s1. The van der Waals surface area contributed by atoms with Crippen LogP contribution in [0.25, 0.3) is 0 Å². The summed E-state index contributed by atoms with van der Waals surface area (Å²) >= 11 is 5.72. The van der Waals surface area contributed by atoms with Gasteiger partial charge in [0.1, 0.15) is 12.6 Å². The lowest BCUT2D eigenvalue weighted by atomic mass is 10.0. The van der Waals surface area contributed by atoms with E-state index >= 15 is 0 Å². The highest BCUT2D eigenvalue weighted by Crippen LogP contribution is 2.41. The molecule has 1 aromatic carbocycles. The van der Waals surface area contributed by atoms with Crippen LogP contribution >= 0.6 is 12.2 Å². The van der Waals surface area contributed by atoms with Gasteiger partial charge in [0, 0.05) is 36.6 Å². The third-order valence-corrected chi connectivity index (χ3v) is 5.39. The normalized spacial score (nSPS) is 18.3. The van der Waals surface area contributed by atoms with Crippen molar-refractivity contribution >= 4 is 34.6 Å². The quantitative estimate of drug-likeness (QED) is 0.529. The zero-order chi connectivity index (χ0) is 21.1. The number of nitrogens with zero attached hydrogens (tertiary/aromatic N) is 2. The molecule has 0 saturated carbocycles. The second-order valence-electron chi connectivity index (χ2n) is 7.10. The molecule has 0 radical (unpaired) electrons. The van der Waals surface area contributed by atoms with Gasteiger partial charge < -0.3 is 25.3 Å². The van der Waals surface area contributed by atoms with Gasteiger partial charge in [0.2, 0.25) is 5.91 Å². The molecule has 3 N–H and O–H groups in total. The Hall–Kier alpha value is -3.23. The number of aromatic nitrogens is 2. The Bertz CT molecular complexity index is 1040. The highest BCUT2D eigenvalue weighted by Gasteiger charge is 2.41. The molecule has 3 heterocycles. The van der Waals surface area contributed by atoms with Gasteiger partial charge in [-0.2, -0.15) is 0 Å². The summed E-state index contributed by atoms with van der Waals surface area (Å²) in [4.78, 5) is 21.8. The number of ether oxygens (including phenoxy) is 1. The predicted molar refractivity (Wildman–Crippen MR) is 120 cm³/mol. The van der Waals surface area contributed by atoms with Crippen LogP contribution in [-0.2, 0) is 9.53 Å². The van der Waals surface area contributed by atoms with E-state index in [0.29, 0.717) is 5.11 Å². The van der Waals surface area contributed by atoms with Gasteiger partial charge in [0.25, 0.3) is 0 Å². The maximum absolute atomic E-state index is 11.9. The Balaban J connectivity index is 1.69. The highest BCUT2D eigenvalue weighted by molar-refractivity contribution is 7.80. The second-order valence-corrected chi connectivity index (χ2v) is 7.49. The number of hydrogen-bond donors (Lipinski definition) is 3. The summed E-state index contributed by atoms with van der Waals surface area (Å²) in [5.74, 6) is -0.189. The molecule has 0 spiro atoms. The SMILES string of the molecule is COCC(=O)Nc1ccc(N2C(=S)N[C@@H](c3ccccn3)[C@H]2c2ccc[nH]2)cc1C. The number of aromatic amines is 1. The minimum atomic E-state index is -0.189. The van der Waals surface area contributed by atoms with Crippen LogP contribution in [0.3, 0.4) is 0 Å². The zero-order valence-corrected chi connectivity index (χ0v) is 17.6. The summed E-state index contributed by atoms with van der Waals surface area (Å²) in [7, 11) is 1.50. The molecule has 1 aliphatic heterocycles. The summed E-state index contributed by atoms with van der Waals surface area (Å²) in [6.07, 6.45) is 3.69. The van der Waals surface area contributed by atoms with E-state index in [4.69, 9.17) is 17.0 Å². The first-order valence-electron chi connectivity index (χ1n) is 9.62. The van der Waals surface area contributed by atoms with E-state index in [1.54, 1.807) is 6.20 Å². The predicted octanol–water partition coefficient (Wildman–Crippen LogP) is 3.48. The van der Waals surface area contributed by atoms with Gasteiger partial charge >= 0.3 is 0 Å². The number of anilines is 2. The molecule has 0 aliphatic carbocycles. The third-order valence-electron chi connectivity index (χ3n) is 5.08. The molecular formula is C22H23N5O2S. The van der Waals surface area contributed by atoms with Crippen molar-refractivity contribution in [3.63, 3.8) is 0 Å². The molecule has 7 nitrogen and oxygen atoms in total. The number of nitrogens with one attached hydrogen (secondary N) is 3. The molecule has 1 saturated heterocycles. The number of aryl methyl sites for hydroxylation is 1. The Labute approximate surface area is 180 Å². The summed E-state index contributed by atoms with van der Waals surface area (Å²) < 4.78 is 4.89. The van der Waals surface area contributed by atoms with Gasteiger partial charge in [-0.25, -0.2) is 0 Å². The number of H-pyrrole nitrogens is 1. The molecule has 8 heteroatoms. The average Bonchev–Trinajstić information content (AvgIpc) is 3.38. The van der Waals surface area contributed by atoms with Crippen LogP contribution in [0.2, 0.25) is 0 Å². The van der Waals surface area contributed by atoms with E-state index in [2.05, 4.69) is 31.6 Å². The third kappa shape index (κ3) is 3.92. The van der Waals surface area contributed by atoms with Gasteiger partial charge in [-0.1, -0.05) is 6.07 Å². The number of carbonyl (C=O) groups is 1. The lowest BCUT2D eigenvalue weighted by Crippen LogP contribution is -2.29. The molecule has 0 bridgehead atoms. The van der Waals surface area contributed by atoms with Crippen molar-refractivity contribution in [1.82, 2.24) is 15.3 Å². The van der Waals surface area contributed by atoms with E-state index in [1.165, 1.54) is 7.11 Å². The van der Waals surface area contributed by atoms with Crippen molar-refractivity contribution in [1.29, 1.82) is 0 Å². The minimum Gasteiger partial charge on any atom is -0.375 e. The number of thiocarbonyl (C=S) groups is 1. The van der Waals surface area contributed by atoms with E-state index in [1.807, 2.05) is 55.6 Å². The molecule has 154 valence electrons. The first-order chi connectivity index (χ1) is 14.6. The van der Waals surface area contributed by atoms with E-state index in [-0.39, 0.29) is 24.6 Å². The Morgan fingerprint density at radius 1 is 1.27 bits per heavy atom. The van der Waals surface area contributed by atoms with E-state index in [9.17, 15) is 4.79 Å². The molecule has 1 fully saturated rings. The summed E-state index contributed by atoms with van der Waals surface area (Å²) in [5.41, 5.74) is 4.57. The van der Waals surface area contributed by atoms with Crippen molar-refractivity contribution in [3.8, 4) is 0 Å². The fraction of sp³-hybridized carbons (Fsp3) is 0.227. The Morgan fingerprint density at radius 2 is 2.13 bits per heavy atom. The summed E-state index contributed by atoms with van der Waals surface area (Å²) in [6, 6.07) is 15.6. The molecule has 30 heavy (non-hydrogen) atoms. The van der Waals surface area contributed by atoms with Crippen molar-refractivity contribution in [2.45, 2.75) is 19.0 Å².